The van der Waals surface area contributed by atoms with Crippen LogP contribution in [-0.4, -0.2) is 19.0 Å². The molecular weight excluding hydrogens is 150 g/mol. The SMILES string of the molecule is C1=C(C2=NCCCO2)CCCC1. The Bertz CT molecular complexity index is 194. The predicted octanol–water partition coefficient (Wildman–Crippen LogP) is 2.31. The Kier molecular flexibility index (Phi) is 2.45. The monoisotopic (exact) mass is 165 g/mol. The van der Waals surface area contributed by atoms with Crippen molar-refractivity contribution in [2.45, 2.75) is 32.1 Å². The maximum atomic E-state index is 5.50. The number of ether oxygens (including phenoxy) is 1. The molecule has 12 heavy (non-hydrogen) atoms. The average Bonchev–Trinajstić information content (AvgIpc) is 2.21. The highest BCUT2D eigenvalue weighted by Crippen LogP contribution is 2.20. The fraction of sp³-hybridized carbons (Fsp3) is 0.700. The molecule has 0 spiro atoms. The van der Waals surface area contributed by atoms with Crippen LogP contribution >= 0.6 is 0 Å². The Morgan fingerprint density at radius 2 is 2.25 bits per heavy atom. The highest BCUT2D eigenvalue weighted by atomic mass is 16.5. The Morgan fingerprint density at radius 3 is 2.92 bits per heavy atom. The van der Waals surface area contributed by atoms with Gasteiger partial charge < -0.3 is 4.74 Å². The van der Waals surface area contributed by atoms with Gasteiger partial charge in [0.2, 0.25) is 5.90 Å². The molecule has 66 valence electrons. The number of rotatable bonds is 1. The first-order valence-electron chi connectivity index (χ1n) is 4.83. The van der Waals surface area contributed by atoms with Gasteiger partial charge >= 0.3 is 0 Å². The van der Waals surface area contributed by atoms with Crippen LogP contribution in [0.5, 0.6) is 0 Å². The van der Waals surface area contributed by atoms with E-state index < -0.39 is 0 Å². The van der Waals surface area contributed by atoms with Crippen molar-refractivity contribution in [3.63, 3.8) is 0 Å². The lowest BCUT2D eigenvalue weighted by atomic mass is 9.99. The van der Waals surface area contributed by atoms with Crippen LogP contribution < -0.4 is 0 Å². The van der Waals surface area contributed by atoms with Crippen molar-refractivity contribution < 1.29 is 4.74 Å². The topological polar surface area (TPSA) is 21.6 Å². The van der Waals surface area contributed by atoms with Crippen molar-refractivity contribution in [3.8, 4) is 0 Å². The van der Waals surface area contributed by atoms with E-state index in [9.17, 15) is 0 Å². The summed E-state index contributed by atoms with van der Waals surface area (Å²) in [5.41, 5.74) is 1.35. The molecule has 2 heteroatoms. The van der Waals surface area contributed by atoms with Crippen LogP contribution in [0.3, 0.4) is 0 Å². The van der Waals surface area contributed by atoms with E-state index in [-0.39, 0.29) is 0 Å². The molecule has 2 rings (SSSR count). The summed E-state index contributed by atoms with van der Waals surface area (Å²) in [4.78, 5) is 4.38. The minimum Gasteiger partial charge on any atom is -0.478 e. The van der Waals surface area contributed by atoms with Gasteiger partial charge in [-0.15, -0.1) is 0 Å². The zero-order chi connectivity index (χ0) is 8.23. The molecule has 1 aliphatic heterocycles. The second kappa shape index (κ2) is 3.74. The molecule has 0 saturated heterocycles. The van der Waals surface area contributed by atoms with E-state index in [0.29, 0.717) is 0 Å². The molecule has 0 radical (unpaired) electrons. The molecule has 0 aromatic carbocycles. The van der Waals surface area contributed by atoms with Crippen molar-refractivity contribution in [1.29, 1.82) is 0 Å². The highest BCUT2D eigenvalue weighted by Gasteiger charge is 2.13. The predicted molar refractivity (Wildman–Crippen MR) is 49.4 cm³/mol. The number of hydrogen-bond acceptors (Lipinski definition) is 2. The normalized spacial score (nSPS) is 24.0. The Balaban J connectivity index is 2.06. The van der Waals surface area contributed by atoms with E-state index in [1.165, 1.54) is 31.3 Å². The van der Waals surface area contributed by atoms with Gasteiger partial charge in [-0.25, -0.2) is 0 Å². The van der Waals surface area contributed by atoms with Gasteiger partial charge in [-0.2, -0.15) is 0 Å². The molecule has 0 aromatic heterocycles. The smallest absolute Gasteiger partial charge is 0.211 e. The number of nitrogens with zero attached hydrogens (tertiary/aromatic N) is 1. The standard InChI is InChI=1S/C10H15NO/c1-2-5-9(6-3-1)10-11-7-4-8-12-10/h5H,1-4,6-8H2. The molecule has 0 amide bonds. The molecule has 0 saturated carbocycles. The van der Waals surface area contributed by atoms with Crippen LogP contribution in [0.2, 0.25) is 0 Å². The third-order valence-electron chi connectivity index (χ3n) is 2.36. The van der Waals surface area contributed by atoms with Crippen LogP contribution in [0.1, 0.15) is 32.1 Å². The Morgan fingerprint density at radius 1 is 1.25 bits per heavy atom. The minimum absolute atomic E-state index is 0.857. The van der Waals surface area contributed by atoms with Crippen molar-refractivity contribution in [1.82, 2.24) is 0 Å². The van der Waals surface area contributed by atoms with Gasteiger partial charge in [-0.1, -0.05) is 6.08 Å². The lowest BCUT2D eigenvalue weighted by Gasteiger charge is -2.18. The van der Waals surface area contributed by atoms with Gasteiger partial charge in [0.15, 0.2) is 0 Å². The van der Waals surface area contributed by atoms with Crippen LogP contribution in [0.4, 0.5) is 0 Å². The molecular formula is C10H15NO. The zero-order valence-corrected chi connectivity index (χ0v) is 7.38. The fourth-order valence-electron chi connectivity index (χ4n) is 1.69. The maximum Gasteiger partial charge on any atom is 0.211 e. The van der Waals surface area contributed by atoms with Gasteiger partial charge in [0, 0.05) is 18.5 Å². The molecule has 2 aliphatic rings. The minimum atomic E-state index is 0.857. The third-order valence-corrected chi connectivity index (χ3v) is 2.36. The van der Waals surface area contributed by atoms with Gasteiger partial charge in [-0.3, -0.25) is 4.99 Å². The van der Waals surface area contributed by atoms with Crippen molar-refractivity contribution in [2.24, 2.45) is 4.99 Å². The molecule has 0 N–H and O–H groups in total. The summed E-state index contributed by atoms with van der Waals surface area (Å²) < 4.78 is 5.50. The quantitative estimate of drug-likeness (QED) is 0.584. The van der Waals surface area contributed by atoms with Crippen molar-refractivity contribution >= 4 is 5.90 Å². The highest BCUT2D eigenvalue weighted by molar-refractivity contribution is 5.93. The van der Waals surface area contributed by atoms with E-state index >= 15 is 0 Å². The lowest BCUT2D eigenvalue weighted by molar-refractivity contribution is 0.281. The van der Waals surface area contributed by atoms with E-state index in [0.717, 1.165) is 25.5 Å². The molecule has 0 bridgehead atoms. The molecule has 0 fully saturated rings. The second-order valence-electron chi connectivity index (χ2n) is 3.36. The first-order chi connectivity index (χ1) is 5.97. The van der Waals surface area contributed by atoms with E-state index in [2.05, 4.69) is 11.1 Å². The van der Waals surface area contributed by atoms with Crippen LogP contribution in [-0.2, 0) is 4.74 Å². The largest absolute Gasteiger partial charge is 0.478 e. The summed E-state index contributed by atoms with van der Waals surface area (Å²) in [5.74, 6) is 0.931. The summed E-state index contributed by atoms with van der Waals surface area (Å²) >= 11 is 0. The van der Waals surface area contributed by atoms with Crippen molar-refractivity contribution in [3.05, 3.63) is 11.6 Å². The molecule has 1 heterocycles. The summed E-state index contributed by atoms with van der Waals surface area (Å²) in [6.45, 7) is 1.81. The zero-order valence-electron chi connectivity index (χ0n) is 7.38. The molecule has 1 aliphatic carbocycles. The molecule has 0 atom stereocenters. The van der Waals surface area contributed by atoms with E-state index in [1.807, 2.05) is 0 Å². The summed E-state index contributed by atoms with van der Waals surface area (Å²) in [6.07, 6.45) is 8.37. The average molecular weight is 165 g/mol. The Hall–Kier alpha value is -0.790. The van der Waals surface area contributed by atoms with Gasteiger partial charge in [0.25, 0.3) is 0 Å². The summed E-state index contributed by atoms with van der Waals surface area (Å²) in [7, 11) is 0. The maximum absolute atomic E-state index is 5.50. The number of hydrogen-bond donors (Lipinski definition) is 0. The van der Waals surface area contributed by atoms with E-state index in [4.69, 9.17) is 4.74 Å². The van der Waals surface area contributed by atoms with Crippen molar-refractivity contribution in [2.75, 3.05) is 13.2 Å². The summed E-state index contributed by atoms with van der Waals surface area (Å²) in [5, 5.41) is 0. The summed E-state index contributed by atoms with van der Waals surface area (Å²) in [6, 6.07) is 0. The number of aliphatic imine (C=N–C) groups is 1. The van der Waals surface area contributed by atoms with E-state index in [1.54, 1.807) is 0 Å². The van der Waals surface area contributed by atoms with Gasteiger partial charge in [-0.05, 0) is 25.7 Å². The molecule has 0 aromatic rings. The second-order valence-corrected chi connectivity index (χ2v) is 3.36. The van der Waals surface area contributed by atoms with Crippen LogP contribution in [0.15, 0.2) is 16.6 Å². The first kappa shape index (κ1) is 7.84. The first-order valence-corrected chi connectivity index (χ1v) is 4.83. The molecule has 2 nitrogen and oxygen atoms in total. The number of allylic oxidation sites excluding steroid dienone is 1. The van der Waals surface area contributed by atoms with Crippen LogP contribution in [0.25, 0.3) is 0 Å². The molecule has 0 unspecified atom stereocenters. The fourth-order valence-corrected chi connectivity index (χ4v) is 1.69. The van der Waals surface area contributed by atoms with Gasteiger partial charge in [0.1, 0.15) is 0 Å². The third kappa shape index (κ3) is 1.68. The van der Waals surface area contributed by atoms with Crippen LogP contribution in [0, 0.1) is 0 Å². The van der Waals surface area contributed by atoms with Gasteiger partial charge in [0.05, 0.1) is 6.61 Å². The lowest BCUT2D eigenvalue weighted by Crippen LogP contribution is -2.16. The Labute approximate surface area is 73.3 Å².